The van der Waals surface area contributed by atoms with E-state index in [0.29, 0.717) is 6.54 Å². The normalized spacial score (nSPS) is 12.2. The number of para-hydroxylation sites is 1. The van der Waals surface area contributed by atoms with E-state index < -0.39 is 0 Å². The number of ether oxygens (including phenoxy) is 1. The third-order valence-corrected chi connectivity index (χ3v) is 4.98. The van der Waals surface area contributed by atoms with E-state index in [1.54, 1.807) is 18.4 Å². The number of thiazole rings is 1. The average molecular weight is 488 g/mol. The van der Waals surface area contributed by atoms with Crippen LogP contribution in [0.3, 0.4) is 0 Å². The van der Waals surface area contributed by atoms with E-state index in [2.05, 4.69) is 47.4 Å². The lowest BCUT2D eigenvalue weighted by molar-refractivity contribution is 0.222. The highest BCUT2D eigenvalue weighted by molar-refractivity contribution is 14.0. The van der Waals surface area contributed by atoms with Crippen molar-refractivity contribution in [3.8, 4) is 5.75 Å². The van der Waals surface area contributed by atoms with Crippen LogP contribution in [-0.2, 0) is 12.8 Å². The lowest BCUT2D eigenvalue weighted by atomic mass is 10.2. The lowest BCUT2D eigenvalue weighted by Gasteiger charge is -2.18. The number of hydrogen-bond acceptors (Lipinski definition) is 4. The number of rotatable bonds is 8. The van der Waals surface area contributed by atoms with Crippen LogP contribution in [0.25, 0.3) is 0 Å². The fourth-order valence-corrected chi connectivity index (χ4v) is 3.18. The Hall–Kier alpha value is -1.35. The summed E-state index contributed by atoms with van der Waals surface area (Å²) in [5.41, 5.74) is 1.15. The van der Waals surface area contributed by atoms with Crippen molar-refractivity contribution in [2.24, 2.45) is 4.99 Å². The maximum absolute atomic E-state index is 5.98. The molecule has 1 aromatic heterocycles. The highest BCUT2D eigenvalue weighted by Crippen LogP contribution is 2.17. The Morgan fingerprint density at radius 1 is 1.31 bits per heavy atom. The quantitative estimate of drug-likeness (QED) is 0.337. The van der Waals surface area contributed by atoms with Gasteiger partial charge in [-0.1, -0.05) is 25.1 Å². The molecule has 0 spiro atoms. The number of benzene rings is 1. The number of aryl methyl sites for hydroxylation is 2. The summed E-state index contributed by atoms with van der Waals surface area (Å²) in [6, 6.07) is 8.06. The van der Waals surface area contributed by atoms with Gasteiger partial charge in [0.25, 0.3) is 0 Å². The SMILES string of the molecule is CCc1cnc(CCNC(=NC)NCC(C)Oc2ccccc2C)s1.I. The summed E-state index contributed by atoms with van der Waals surface area (Å²) < 4.78 is 5.98. The van der Waals surface area contributed by atoms with Gasteiger partial charge < -0.3 is 15.4 Å². The first-order valence-corrected chi connectivity index (χ1v) is 9.54. The van der Waals surface area contributed by atoms with E-state index in [0.717, 1.165) is 41.7 Å². The second-order valence-corrected chi connectivity index (χ2v) is 7.10. The Kier molecular flexibility index (Phi) is 10.6. The molecule has 144 valence electrons. The molecule has 2 N–H and O–H groups in total. The Morgan fingerprint density at radius 3 is 2.73 bits per heavy atom. The third kappa shape index (κ3) is 7.49. The lowest BCUT2D eigenvalue weighted by Crippen LogP contribution is -2.42. The van der Waals surface area contributed by atoms with Crippen LogP contribution in [0, 0.1) is 6.92 Å². The fourth-order valence-electron chi connectivity index (χ4n) is 2.32. The number of nitrogens with one attached hydrogen (secondary N) is 2. The fraction of sp³-hybridized carbons (Fsp3) is 0.474. The molecule has 7 heteroatoms. The van der Waals surface area contributed by atoms with Gasteiger partial charge in [-0.15, -0.1) is 35.3 Å². The number of aliphatic imine (C=N–C) groups is 1. The highest BCUT2D eigenvalue weighted by atomic mass is 127. The number of hydrogen-bond donors (Lipinski definition) is 2. The minimum absolute atomic E-state index is 0. The number of nitrogens with zero attached hydrogens (tertiary/aromatic N) is 2. The second-order valence-electron chi connectivity index (χ2n) is 5.90. The van der Waals surface area contributed by atoms with Gasteiger partial charge in [-0.3, -0.25) is 4.99 Å². The molecule has 2 aromatic rings. The van der Waals surface area contributed by atoms with E-state index in [1.807, 2.05) is 24.4 Å². The Bertz CT molecular complexity index is 690. The Labute approximate surface area is 177 Å². The van der Waals surface area contributed by atoms with Gasteiger partial charge in [0.05, 0.1) is 11.6 Å². The molecule has 0 aliphatic rings. The van der Waals surface area contributed by atoms with Crippen LogP contribution < -0.4 is 15.4 Å². The summed E-state index contributed by atoms with van der Waals surface area (Å²) in [4.78, 5) is 10.0. The van der Waals surface area contributed by atoms with Gasteiger partial charge in [-0.2, -0.15) is 0 Å². The van der Waals surface area contributed by atoms with Gasteiger partial charge in [0.2, 0.25) is 0 Å². The number of guanidine groups is 1. The molecular formula is C19H29IN4OS. The summed E-state index contributed by atoms with van der Waals surface area (Å²) in [7, 11) is 1.78. The molecule has 0 aliphatic heterocycles. The zero-order valence-electron chi connectivity index (χ0n) is 15.9. The molecule has 0 amide bonds. The van der Waals surface area contributed by atoms with Crippen LogP contribution in [0.5, 0.6) is 5.75 Å². The smallest absolute Gasteiger partial charge is 0.191 e. The van der Waals surface area contributed by atoms with Crippen LogP contribution in [-0.4, -0.2) is 37.2 Å². The summed E-state index contributed by atoms with van der Waals surface area (Å²) in [5, 5.41) is 7.80. The molecule has 1 aromatic carbocycles. The van der Waals surface area contributed by atoms with E-state index in [4.69, 9.17) is 4.74 Å². The van der Waals surface area contributed by atoms with E-state index in [-0.39, 0.29) is 30.1 Å². The molecule has 0 saturated carbocycles. The second kappa shape index (κ2) is 12.1. The molecule has 2 rings (SSSR count). The average Bonchev–Trinajstić information content (AvgIpc) is 3.08. The summed E-state index contributed by atoms with van der Waals surface area (Å²) in [6.45, 7) is 7.75. The van der Waals surface area contributed by atoms with Crippen molar-refractivity contribution in [3.63, 3.8) is 0 Å². The van der Waals surface area contributed by atoms with Crippen molar-refractivity contribution in [2.75, 3.05) is 20.1 Å². The molecule has 0 saturated heterocycles. The number of halogens is 1. The van der Waals surface area contributed by atoms with Crippen LogP contribution in [0.1, 0.15) is 29.3 Å². The van der Waals surface area contributed by atoms with E-state index in [9.17, 15) is 0 Å². The van der Waals surface area contributed by atoms with Crippen LogP contribution in [0.2, 0.25) is 0 Å². The van der Waals surface area contributed by atoms with Crippen LogP contribution in [0.4, 0.5) is 0 Å². The standard InChI is InChI=1S/C19H28N4OS.HI/c1-5-16-13-22-18(25-16)10-11-21-19(20-4)23-12-15(3)24-17-9-7-6-8-14(17)2;/h6-9,13,15H,5,10-12H2,1-4H3,(H2,20,21,23);1H. The maximum atomic E-state index is 5.98. The summed E-state index contributed by atoms with van der Waals surface area (Å²) in [5.74, 6) is 1.71. The van der Waals surface area contributed by atoms with Crippen LogP contribution in [0.15, 0.2) is 35.5 Å². The Morgan fingerprint density at radius 2 is 2.08 bits per heavy atom. The first-order valence-electron chi connectivity index (χ1n) is 8.72. The van der Waals surface area contributed by atoms with Gasteiger partial charge in [0.15, 0.2) is 5.96 Å². The monoisotopic (exact) mass is 488 g/mol. The molecule has 1 heterocycles. The van der Waals surface area contributed by atoms with Crippen molar-refractivity contribution in [1.82, 2.24) is 15.6 Å². The summed E-state index contributed by atoms with van der Waals surface area (Å²) >= 11 is 1.78. The van der Waals surface area contributed by atoms with Crippen LogP contribution >= 0.6 is 35.3 Å². The predicted molar refractivity (Wildman–Crippen MR) is 121 cm³/mol. The molecule has 0 fully saturated rings. The first-order chi connectivity index (χ1) is 12.1. The molecule has 1 unspecified atom stereocenters. The summed E-state index contributed by atoms with van der Waals surface area (Å²) in [6.07, 6.45) is 3.97. The van der Waals surface area contributed by atoms with Gasteiger partial charge in [-0.05, 0) is 31.9 Å². The molecule has 0 bridgehead atoms. The minimum Gasteiger partial charge on any atom is -0.489 e. The van der Waals surface area contributed by atoms with Gasteiger partial charge >= 0.3 is 0 Å². The zero-order valence-corrected chi connectivity index (χ0v) is 19.1. The van der Waals surface area contributed by atoms with Crippen molar-refractivity contribution < 1.29 is 4.74 Å². The maximum Gasteiger partial charge on any atom is 0.191 e. The topological polar surface area (TPSA) is 58.5 Å². The van der Waals surface area contributed by atoms with Gasteiger partial charge in [-0.25, -0.2) is 4.98 Å². The number of aromatic nitrogens is 1. The van der Waals surface area contributed by atoms with E-state index in [1.165, 1.54) is 4.88 Å². The molecule has 0 radical (unpaired) electrons. The first kappa shape index (κ1) is 22.7. The largest absolute Gasteiger partial charge is 0.489 e. The van der Waals surface area contributed by atoms with Crippen molar-refractivity contribution in [2.45, 2.75) is 39.7 Å². The minimum atomic E-state index is 0. The Balaban J connectivity index is 0.00000338. The predicted octanol–water partition coefficient (Wildman–Crippen LogP) is 3.81. The van der Waals surface area contributed by atoms with E-state index >= 15 is 0 Å². The third-order valence-electron chi connectivity index (χ3n) is 3.78. The van der Waals surface area contributed by atoms with Gasteiger partial charge in [0, 0.05) is 31.1 Å². The zero-order chi connectivity index (χ0) is 18.1. The van der Waals surface area contributed by atoms with Gasteiger partial charge in [0.1, 0.15) is 11.9 Å². The molecular weight excluding hydrogens is 459 g/mol. The molecule has 0 aliphatic carbocycles. The van der Waals surface area contributed by atoms with Crippen molar-refractivity contribution >= 4 is 41.3 Å². The van der Waals surface area contributed by atoms with Crippen molar-refractivity contribution in [3.05, 3.63) is 45.9 Å². The molecule has 26 heavy (non-hydrogen) atoms. The van der Waals surface area contributed by atoms with Crippen molar-refractivity contribution in [1.29, 1.82) is 0 Å². The highest BCUT2D eigenvalue weighted by Gasteiger charge is 2.07. The molecule has 1 atom stereocenters. The molecule has 5 nitrogen and oxygen atoms in total.